The van der Waals surface area contributed by atoms with Crippen LogP contribution in [0.3, 0.4) is 0 Å². The average Bonchev–Trinajstić information content (AvgIpc) is 3.13. The molecule has 0 saturated heterocycles. The summed E-state index contributed by atoms with van der Waals surface area (Å²) < 4.78 is 0. The van der Waals surface area contributed by atoms with Crippen molar-refractivity contribution in [2.45, 2.75) is 39.5 Å². The first-order chi connectivity index (χ1) is 15.6. The van der Waals surface area contributed by atoms with Crippen molar-refractivity contribution in [1.82, 2.24) is 0 Å². The van der Waals surface area contributed by atoms with Gasteiger partial charge in [-0.15, -0.1) is 0 Å². The smallest absolute Gasteiger partial charge is 0.00199 e. The normalized spacial score (nSPS) is 12.3. The van der Waals surface area contributed by atoms with Crippen molar-refractivity contribution in [2.75, 3.05) is 0 Å². The van der Waals surface area contributed by atoms with E-state index in [0.29, 0.717) is 11.8 Å². The molecular formula is C32H28. The van der Waals surface area contributed by atoms with E-state index >= 15 is 0 Å². The lowest BCUT2D eigenvalue weighted by molar-refractivity contribution is 0.864. The average molecular weight is 413 g/mol. The molecule has 0 amide bonds. The number of hydrogen-bond donors (Lipinski definition) is 0. The molecular weight excluding hydrogens is 384 g/mol. The molecule has 0 radical (unpaired) electrons. The molecule has 0 spiro atoms. The SMILES string of the molecule is CC(C)c1c2c(c(C(C)C)c3ccccc13)-c1ccc(-c3ccccc3)c3cccc-2c13. The highest BCUT2D eigenvalue weighted by Crippen LogP contribution is 2.56. The van der Waals surface area contributed by atoms with Gasteiger partial charge in [-0.3, -0.25) is 0 Å². The maximum atomic E-state index is 2.38. The van der Waals surface area contributed by atoms with E-state index in [-0.39, 0.29) is 0 Å². The van der Waals surface area contributed by atoms with Crippen molar-refractivity contribution in [3.05, 3.63) is 96.1 Å². The Morgan fingerprint density at radius 3 is 1.53 bits per heavy atom. The van der Waals surface area contributed by atoms with Crippen molar-refractivity contribution >= 4 is 21.5 Å². The zero-order chi connectivity index (χ0) is 22.0. The van der Waals surface area contributed by atoms with Crippen LogP contribution in [0.2, 0.25) is 0 Å². The van der Waals surface area contributed by atoms with E-state index in [9.17, 15) is 0 Å². The first-order valence-electron chi connectivity index (χ1n) is 11.8. The summed E-state index contributed by atoms with van der Waals surface area (Å²) in [5.41, 5.74) is 11.3. The Labute approximate surface area is 190 Å². The molecule has 0 fully saturated rings. The summed E-state index contributed by atoms with van der Waals surface area (Å²) in [7, 11) is 0. The van der Waals surface area contributed by atoms with Gasteiger partial charge in [-0.2, -0.15) is 0 Å². The van der Waals surface area contributed by atoms with E-state index in [1.807, 2.05) is 0 Å². The molecule has 0 N–H and O–H groups in total. The van der Waals surface area contributed by atoms with Crippen LogP contribution in [-0.4, -0.2) is 0 Å². The lowest BCUT2D eigenvalue weighted by atomic mass is 9.80. The molecule has 5 aromatic rings. The van der Waals surface area contributed by atoms with Crippen molar-refractivity contribution in [1.29, 1.82) is 0 Å². The fraction of sp³-hybridized carbons (Fsp3) is 0.188. The predicted molar refractivity (Wildman–Crippen MR) is 139 cm³/mol. The maximum absolute atomic E-state index is 2.38. The molecule has 0 saturated carbocycles. The third kappa shape index (κ3) is 2.56. The zero-order valence-corrected chi connectivity index (χ0v) is 19.2. The van der Waals surface area contributed by atoms with Crippen molar-refractivity contribution in [3.8, 4) is 33.4 Å². The minimum Gasteiger partial charge on any atom is -0.0622 e. The molecule has 156 valence electrons. The van der Waals surface area contributed by atoms with Gasteiger partial charge in [0, 0.05) is 0 Å². The largest absolute Gasteiger partial charge is 0.0622 e. The van der Waals surface area contributed by atoms with Gasteiger partial charge in [-0.05, 0) is 77.9 Å². The Bertz CT molecular complexity index is 1440. The summed E-state index contributed by atoms with van der Waals surface area (Å²) in [6.45, 7) is 9.37. The highest BCUT2D eigenvalue weighted by Gasteiger charge is 2.31. The summed E-state index contributed by atoms with van der Waals surface area (Å²) in [6, 6.07) is 31.5. The van der Waals surface area contributed by atoms with Gasteiger partial charge in [0.1, 0.15) is 0 Å². The first-order valence-corrected chi connectivity index (χ1v) is 11.8. The van der Waals surface area contributed by atoms with E-state index in [4.69, 9.17) is 0 Å². The summed E-state index contributed by atoms with van der Waals surface area (Å²) in [6.07, 6.45) is 0. The Kier molecular flexibility index (Phi) is 4.27. The molecule has 0 unspecified atom stereocenters. The van der Waals surface area contributed by atoms with Crippen LogP contribution in [0.25, 0.3) is 54.9 Å². The summed E-state index contributed by atoms with van der Waals surface area (Å²) in [4.78, 5) is 0. The van der Waals surface area contributed by atoms with Gasteiger partial charge in [0.05, 0.1) is 0 Å². The minimum atomic E-state index is 0.452. The van der Waals surface area contributed by atoms with E-state index in [1.165, 1.54) is 66.1 Å². The highest BCUT2D eigenvalue weighted by molar-refractivity contribution is 6.22. The molecule has 1 aliphatic rings. The molecule has 1 aliphatic carbocycles. The Morgan fingerprint density at radius 2 is 0.938 bits per heavy atom. The maximum Gasteiger partial charge on any atom is -0.00199 e. The second kappa shape index (κ2) is 7.07. The third-order valence-corrected chi connectivity index (χ3v) is 7.11. The van der Waals surface area contributed by atoms with Crippen molar-refractivity contribution in [3.63, 3.8) is 0 Å². The van der Waals surface area contributed by atoms with Gasteiger partial charge in [0.25, 0.3) is 0 Å². The first kappa shape index (κ1) is 19.3. The molecule has 0 aliphatic heterocycles. The topological polar surface area (TPSA) is 0 Å². The van der Waals surface area contributed by atoms with Crippen LogP contribution in [-0.2, 0) is 0 Å². The lowest BCUT2D eigenvalue weighted by Crippen LogP contribution is -2.01. The summed E-state index contributed by atoms with van der Waals surface area (Å²) in [5, 5.41) is 5.61. The minimum absolute atomic E-state index is 0.452. The third-order valence-electron chi connectivity index (χ3n) is 7.11. The van der Waals surface area contributed by atoms with E-state index in [1.54, 1.807) is 0 Å². The standard InChI is InChI=1S/C32H28/c1-19(2)28-24-13-8-9-14-25(24)29(20(3)4)32-27-18-17-22(21-11-6-5-7-12-21)23-15-10-16-26(30(23)27)31(28)32/h5-20H,1-4H3. The number of hydrogen-bond acceptors (Lipinski definition) is 0. The second-order valence-corrected chi connectivity index (χ2v) is 9.69. The van der Waals surface area contributed by atoms with Gasteiger partial charge in [-0.25, -0.2) is 0 Å². The van der Waals surface area contributed by atoms with Gasteiger partial charge in [-0.1, -0.05) is 113 Å². The fourth-order valence-electron chi connectivity index (χ4n) is 5.94. The molecule has 0 aromatic heterocycles. The van der Waals surface area contributed by atoms with E-state index in [0.717, 1.165) is 0 Å². The van der Waals surface area contributed by atoms with E-state index in [2.05, 4.69) is 113 Å². The Morgan fingerprint density at radius 1 is 0.438 bits per heavy atom. The van der Waals surface area contributed by atoms with Crippen LogP contribution in [0.1, 0.15) is 50.7 Å². The van der Waals surface area contributed by atoms with Crippen molar-refractivity contribution in [2.24, 2.45) is 0 Å². The number of benzene rings is 5. The summed E-state index contributed by atoms with van der Waals surface area (Å²) >= 11 is 0. The van der Waals surface area contributed by atoms with Gasteiger partial charge in [0.15, 0.2) is 0 Å². The molecule has 6 rings (SSSR count). The Balaban J connectivity index is 1.82. The van der Waals surface area contributed by atoms with Crippen LogP contribution < -0.4 is 0 Å². The molecule has 0 atom stereocenters. The molecule has 32 heavy (non-hydrogen) atoms. The molecule has 5 aromatic carbocycles. The zero-order valence-electron chi connectivity index (χ0n) is 19.2. The van der Waals surface area contributed by atoms with E-state index < -0.39 is 0 Å². The number of fused-ring (bicyclic) bond motifs is 4. The quantitative estimate of drug-likeness (QED) is 0.271. The predicted octanol–water partition coefficient (Wildman–Crippen LogP) is 9.55. The second-order valence-electron chi connectivity index (χ2n) is 9.69. The van der Waals surface area contributed by atoms with Crippen molar-refractivity contribution < 1.29 is 0 Å². The van der Waals surface area contributed by atoms with Crippen LogP contribution >= 0.6 is 0 Å². The summed E-state index contributed by atoms with van der Waals surface area (Å²) in [5.74, 6) is 0.904. The monoisotopic (exact) mass is 412 g/mol. The Hall–Kier alpha value is -3.38. The van der Waals surface area contributed by atoms with Crippen LogP contribution in [0.15, 0.2) is 84.9 Å². The fourth-order valence-corrected chi connectivity index (χ4v) is 5.94. The van der Waals surface area contributed by atoms with Gasteiger partial charge < -0.3 is 0 Å². The molecule has 0 heteroatoms. The lowest BCUT2D eigenvalue weighted by Gasteiger charge is -2.23. The van der Waals surface area contributed by atoms with Crippen LogP contribution in [0, 0.1) is 0 Å². The van der Waals surface area contributed by atoms with Crippen LogP contribution in [0.5, 0.6) is 0 Å². The van der Waals surface area contributed by atoms with Gasteiger partial charge in [0.2, 0.25) is 0 Å². The molecule has 0 bridgehead atoms. The molecule has 0 heterocycles. The van der Waals surface area contributed by atoms with Crippen LogP contribution in [0.4, 0.5) is 0 Å². The number of rotatable bonds is 3. The molecule has 0 nitrogen and oxygen atoms in total. The highest BCUT2D eigenvalue weighted by atomic mass is 14.3. The van der Waals surface area contributed by atoms with Gasteiger partial charge >= 0.3 is 0 Å².